The van der Waals surface area contributed by atoms with Crippen LogP contribution in [0.1, 0.15) is 16.2 Å². The lowest BCUT2D eigenvalue weighted by molar-refractivity contribution is 0.0691. The van der Waals surface area contributed by atoms with Crippen LogP contribution in [0.3, 0.4) is 0 Å². The molecule has 1 aromatic heterocycles. The van der Waals surface area contributed by atoms with Gasteiger partial charge >= 0.3 is 0 Å². The number of fused-ring (bicyclic) bond motifs is 1. The molecule has 0 radical (unpaired) electrons. The number of carbonyl (C=O) groups excluding carboxylic acids is 1. The lowest BCUT2D eigenvalue weighted by atomic mass is 10.1. The van der Waals surface area contributed by atoms with E-state index in [1.807, 2.05) is 67.6 Å². The van der Waals surface area contributed by atoms with Crippen LogP contribution >= 0.6 is 0 Å². The van der Waals surface area contributed by atoms with Crippen molar-refractivity contribution in [3.63, 3.8) is 0 Å². The third-order valence-corrected chi connectivity index (χ3v) is 7.89. The minimum atomic E-state index is -3.63. The highest BCUT2D eigenvalue weighted by Gasteiger charge is 2.31. The van der Waals surface area contributed by atoms with E-state index in [1.54, 1.807) is 27.8 Å². The molecule has 0 saturated carbocycles. The topological polar surface area (TPSA) is 75.5 Å². The van der Waals surface area contributed by atoms with Gasteiger partial charge in [-0.15, -0.1) is 0 Å². The van der Waals surface area contributed by atoms with E-state index in [4.69, 9.17) is 0 Å². The number of sulfonamides is 1. The maximum atomic E-state index is 13.2. The SMILES string of the molecule is Cc1cc(C(=O)N2CCN(S(=O)(=O)c3ccc4ccccc4c3)CC2)nn1-c1ccccc1. The quantitative estimate of drug-likeness (QED) is 0.467. The van der Waals surface area contributed by atoms with Crippen molar-refractivity contribution in [1.82, 2.24) is 19.0 Å². The highest BCUT2D eigenvalue weighted by molar-refractivity contribution is 7.89. The summed E-state index contributed by atoms with van der Waals surface area (Å²) in [6.07, 6.45) is 0. The fourth-order valence-corrected chi connectivity index (χ4v) is 5.64. The summed E-state index contributed by atoms with van der Waals surface area (Å²) < 4.78 is 29.6. The maximum Gasteiger partial charge on any atom is 0.274 e. The van der Waals surface area contributed by atoms with E-state index in [-0.39, 0.29) is 23.9 Å². The number of para-hydroxylation sites is 1. The van der Waals surface area contributed by atoms with Gasteiger partial charge in [0.2, 0.25) is 10.0 Å². The van der Waals surface area contributed by atoms with Gasteiger partial charge in [-0.3, -0.25) is 4.79 Å². The minimum absolute atomic E-state index is 0.185. The first-order valence-electron chi connectivity index (χ1n) is 10.8. The van der Waals surface area contributed by atoms with Crippen LogP contribution in [0.15, 0.2) is 83.8 Å². The lowest BCUT2D eigenvalue weighted by Gasteiger charge is -2.33. The summed E-state index contributed by atoms with van der Waals surface area (Å²) in [5.74, 6) is -0.185. The number of hydrogen-bond donors (Lipinski definition) is 0. The van der Waals surface area contributed by atoms with Gasteiger partial charge in [0.25, 0.3) is 5.91 Å². The van der Waals surface area contributed by atoms with Crippen LogP contribution in [0.25, 0.3) is 16.5 Å². The predicted octanol–water partition coefficient (Wildman–Crippen LogP) is 3.48. The third-order valence-electron chi connectivity index (χ3n) is 5.99. The molecule has 4 aromatic rings. The first kappa shape index (κ1) is 21.4. The first-order chi connectivity index (χ1) is 15.9. The van der Waals surface area contributed by atoms with Gasteiger partial charge in [-0.25, -0.2) is 13.1 Å². The Bertz CT molecular complexity index is 1420. The van der Waals surface area contributed by atoms with Gasteiger partial charge in [0.1, 0.15) is 0 Å². The Morgan fingerprint density at radius 1 is 0.818 bits per heavy atom. The Morgan fingerprint density at radius 3 is 2.21 bits per heavy atom. The molecule has 0 N–H and O–H groups in total. The van der Waals surface area contributed by atoms with Crippen molar-refractivity contribution in [3.05, 3.63) is 90.3 Å². The van der Waals surface area contributed by atoms with Gasteiger partial charge in [-0.1, -0.05) is 48.5 Å². The maximum absolute atomic E-state index is 13.2. The number of nitrogens with zero attached hydrogens (tertiary/aromatic N) is 4. The van der Waals surface area contributed by atoms with E-state index in [0.717, 1.165) is 22.2 Å². The van der Waals surface area contributed by atoms with E-state index in [1.165, 1.54) is 4.31 Å². The van der Waals surface area contributed by atoms with Crippen LogP contribution in [-0.2, 0) is 10.0 Å². The van der Waals surface area contributed by atoms with Crippen molar-refractivity contribution in [3.8, 4) is 5.69 Å². The zero-order chi connectivity index (χ0) is 23.0. The standard InChI is InChI=1S/C25H24N4O3S/c1-19-17-24(26-29(19)22-9-3-2-4-10-22)25(30)27-13-15-28(16-14-27)33(31,32)23-12-11-20-7-5-6-8-21(20)18-23/h2-12,17-18H,13-16H2,1H3. The van der Waals surface area contributed by atoms with Crippen LogP contribution in [-0.4, -0.2) is 59.5 Å². The second-order valence-corrected chi connectivity index (χ2v) is 10.1. The number of aryl methyl sites for hydroxylation is 1. The summed E-state index contributed by atoms with van der Waals surface area (Å²) in [5, 5.41) is 6.38. The van der Waals surface area contributed by atoms with Gasteiger partial charge < -0.3 is 4.90 Å². The predicted molar refractivity (Wildman–Crippen MR) is 127 cm³/mol. The molecule has 1 aliphatic heterocycles. The van der Waals surface area contributed by atoms with E-state index < -0.39 is 10.0 Å². The largest absolute Gasteiger partial charge is 0.335 e. The Morgan fingerprint density at radius 2 is 1.48 bits per heavy atom. The fraction of sp³-hybridized carbons (Fsp3) is 0.200. The number of aromatic nitrogens is 2. The number of benzene rings is 3. The summed E-state index contributed by atoms with van der Waals surface area (Å²) in [6.45, 7) is 3.05. The molecule has 1 fully saturated rings. The molecule has 7 nitrogen and oxygen atoms in total. The van der Waals surface area contributed by atoms with E-state index in [0.29, 0.717) is 18.8 Å². The fourth-order valence-electron chi connectivity index (χ4n) is 4.18. The Balaban J connectivity index is 1.30. The number of carbonyl (C=O) groups is 1. The summed E-state index contributed by atoms with van der Waals surface area (Å²) >= 11 is 0. The molecule has 0 aliphatic carbocycles. The van der Waals surface area contributed by atoms with Gasteiger partial charge in [0.15, 0.2) is 5.69 Å². The van der Waals surface area contributed by atoms with Crippen LogP contribution in [0, 0.1) is 6.92 Å². The van der Waals surface area contributed by atoms with Gasteiger partial charge in [-0.2, -0.15) is 9.40 Å². The lowest BCUT2D eigenvalue weighted by Crippen LogP contribution is -2.50. The summed E-state index contributed by atoms with van der Waals surface area (Å²) in [7, 11) is -3.63. The molecular formula is C25H24N4O3S. The summed E-state index contributed by atoms with van der Waals surface area (Å²) in [4.78, 5) is 15.0. The Hall–Kier alpha value is -3.49. The molecule has 0 bridgehead atoms. The van der Waals surface area contributed by atoms with Crippen LogP contribution in [0.5, 0.6) is 0 Å². The normalized spacial score (nSPS) is 15.1. The molecule has 3 aromatic carbocycles. The number of rotatable bonds is 4. The highest BCUT2D eigenvalue weighted by Crippen LogP contribution is 2.23. The number of hydrogen-bond acceptors (Lipinski definition) is 4. The number of amides is 1. The van der Waals surface area contributed by atoms with Crippen molar-refractivity contribution in [2.75, 3.05) is 26.2 Å². The van der Waals surface area contributed by atoms with Crippen LogP contribution < -0.4 is 0 Å². The average Bonchev–Trinajstić information content (AvgIpc) is 3.25. The highest BCUT2D eigenvalue weighted by atomic mass is 32.2. The zero-order valence-electron chi connectivity index (χ0n) is 18.3. The molecule has 1 aliphatic rings. The molecule has 1 amide bonds. The van der Waals surface area contributed by atoms with E-state index in [9.17, 15) is 13.2 Å². The molecule has 5 rings (SSSR count). The van der Waals surface area contributed by atoms with Crippen molar-refractivity contribution in [2.45, 2.75) is 11.8 Å². The van der Waals surface area contributed by atoms with Crippen molar-refractivity contribution >= 4 is 26.7 Å². The second-order valence-electron chi connectivity index (χ2n) is 8.12. The number of piperazine rings is 1. The molecule has 2 heterocycles. The molecule has 1 saturated heterocycles. The molecule has 0 unspecified atom stereocenters. The molecule has 0 spiro atoms. The molecule has 168 valence electrons. The molecule has 0 atom stereocenters. The van der Waals surface area contributed by atoms with Gasteiger partial charge in [0.05, 0.1) is 10.6 Å². The van der Waals surface area contributed by atoms with Crippen molar-refractivity contribution in [1.29, 1.82) is 0 Å². The monoisotopic (exact) mass is 460 g/mol. The molecule has 8 heteroatoms. The second kappa shape index (κ2) is 8.46. The van der Waals surface area contributed by atoms with E-state index in [2.05, 4.69) is 5.10 Å². The minimum Gasteiger partial charge on any atom is -0.335 e. The van der Waals surface area contributed by atoms with Crippen molar-refractivity contribution in [2.24, 2.45) is 0 Å². The van der Waals surface area contributed by atoms with Gasteiger partial charge in [0, 0.05) is 31.9 Å². The zero-order valence-corrected chi connectivity index (χ0v) is 19.1. The summed E-state index contributed by atoms with van der Waals surface area (Å²) in [6, 6.07) is 24.3. The van der Waals surface area contributed by atoms with E-state index >= 15 is 0 Å². The Kier molecular flexibility index (Phi) is 5.47. The van der Waals surface area contributed by atoms with Crippen LogP contribution in [0.2, 0.25) is 0 Å². The molecule has 33 heavy (non-hydrogen) atoms. The smallest absolute Gasteiger partial charge is 0.274 e. The third kappa shape index (κ3) is 4.03. The van der Waals surface area contributed by atoms with Gasteiger partial charge in [-0.05, 0) is 48.0 Å². The average molecular weight is 461 g/mol. The molecular weight excluding hydrogens is 436 g/mol. The summed E-state index contributed by atoms with van der Waals surface area (Å²) in [5.41, 5.74) is 2.12. The van der Waals surface area contributed by atoms with Crippen molar-refractivity contribution < 1.29 is 13.2 Å². The first-order valence-corrected chi connectivity index (χ1v) is 12.3. The van der Waals surface area contributed by atoms with Crippen LogP contribution in [0.4, 0.5) is 0 Å². The Labute approximate surface area is 192 Å².